The van der Waals surface area contributed by atoms with Crippen LogP contribution >= 0.6 is 22.6 Å². The van der Waals surface area contributed by atoms with E-state index in [0.29, 0.717) is 21.4 Å². The first-order valence-corrected chi connectivity index (χ1v) is 10.0. The van der Waals surface area contributed by atoms with Crippen LogP contribution in [0.15, 0.2) is 36.4 Å². The number of amides is 1. The molecule has 2 aromatic carbocycles. The van der Waals surface area contributed by atoms with Gasteiger partial charge in [-0.3, -0.25) is 4.79 Å². The molecule has 6 nitrogen and oxygen atoms in total. The van der Waals surface area contributed by atoms with Crippen LogP contribution in [0.2, 0.25) is 0 Å². The van der Waals surface area contributed by atoms with E-state index in [1.165, 1.54) is 7.11 Å². The van der Waals surface area contributed by atoms with Crippen LogP contribution in [0.25, 0.3) is 0 Å². The van der Waals surface area contributed by atoms with Gasteiger partial charge in [0.2, 0.25) is 0 Å². The number of fused-ring (bicyclic) bond motifs is 1. The van der Waals surface area contributed by atoms with Crippen molar-refractivity contribution in [3.05, 3.63) is 51.1 Å². The Balaban J connectivity index is 1.76. The second-order valence-corrected chi connectivity index (χ2v) is 7.90. The van der Waals surface area contributed by atoms with Crippen molar-refractivity contribution in [3.63, 3.8) is 0 Å². The maximum absolute atomic E-state index is 13.2. The summed E-state index contributed by atoms with van der Waals surface area (Å²) in [6.07, 6.45) is 1.65. The summed E-state index contributed by atoms with van der Waals surface area (Å²) in [6.45, 7) is 1.26. The number of nitrogens with one attached hydrogen (secondary N) is 1. The van der Waals surface area contributed by atoms with Crippen molar-refractivity contribution in [2.24, 2.45) is 0 Å². The topological polar surface area (TPSA) is 71.0 Å². The highest BCUT2D eigenvalue weighted by Gasteiger charge is 2.35. The summed E-state index contributed by atoms with van der Waals surface area (Å²) in [5.41, 5.74) is 2.32. The lowest BCUT2D eigenvalue weighted by Crippen LogP contribution is -2.46. The van der Waals surface area contributed by atoms with Gasteiger partial charge in [0, 0.05) is 18.8 Å². The van der Waals surface area contributed by atoms with E-state index in [1.54, 1.807) is 6.07 Å². The van der Waals surface area contributed by atoms with Gasteiger partial charge in [0.05, 0.1) is 22.3 Å². The lowest BCUT2D eigenvalue weighted by atomic mass is 10.0. The molecule has 1 saturated heterocycles. The number of aromatic hydroxyl groups is 1. The molecule has 142 valence electrons. The first kappa shape index (κ1) is 18.4. The smallest absolute Gasteiger partial charge is 0.257 e. The van der Waals surface area contributed by atoms with Gasteiger partial charge in [-0.2, -0.15) is 0 Å². The normalized spacial score (nSPS) is 21.7. The fourth-order valence-corrected chi connectivity index (χ4v) is 4.28. The Bertz CT molecular complexity index is 867. The summed E-state index contributed by atoms with van der Waals surface area (Å²) >= 11 is 2.07. The second-order valence-electron chi connectivity index (χ2n) is 6.74. The van der Waals surface area contributed by atoms with Crippen LogP contribution < -0.4 is 10.1 Å². The van der Waals surface area contributed by atoms with Gasteiger partial charge >= 0.3 is 0 Å². The quantitative estimate of drug-likeness (QED) is 0.653. The van der Waals surface area contributed by atoms with Crippen molar-refractivity contribution >= 4 is 34.2 Å². The largest absolute Gasteiger partial charge is 0.504 e. The Morgan fingerprint density at radius 1 is 1.37 bits per heavy atom. The van der Waals surface area contributed by atoms with E-state index < -0.39 is 0 Å². The molecule has 0 spiro atoms. The van der Waals surface area contributed by atoms with Crippen LogP contribution in [0.5, 0.6) is 11.5 Å². The number of hydrogen-bond donors (Lipinski definition) is 2. The summed E-state index contributed by atoms with van der Waals surface area (Å²) in [5.74, 6) is 0.476. The van der Waals surface area contributed by atoms with Crippen LogP contribution in [-0.2, 0) is 4.74 Å². The molecule has 2 unspecified atom stereocenters. The summed E-state index contributed by atoms with van der Waals surface area (Å²) in [4.78, 5) is 15.1. The number of phenols is 1. The standard InChI is InChI=1S/C20H21IN2O4/c1-26-17-10-12(9-15(21)18(17)24)19-22-16-7-3-2-6-14(16)20(25)23(19)11-13-5-4-8-27-13/h2-3,6-7,9-10,13,19,22,24H,4-5,8,11H2,1H3. The molecule has 0 saturated carbocycles. The lowest BCUT2D eigenvalue weighted by molar-refractivity contribution is 0.0426. The fraction of sp³-hybridized carbons (Fsp3) is 0.350. The molecule has 1 fully saturated rings. The van der Waals surface area contributed by atoms with Gasteiger partial charge in [0.25, 0.3) is 5.91 Å². The number of rotatable bonds is 4. The highest BCUT2D eigenvalue weighted by Crippen LogP contribution is 2.39. The predicted octanol–water partition coefficient (Wildman–Crippen LogP) is 3.75. The highest BCUT2D eigenvalue weighted by atomic mass is 127. The molecule has 1 amide bonds. The molecule has 0 bridgehead atoms. The highest BCUT2D eigenvalue weighted by molar-refractivity contribution is 14.1. The van der Waals surface area contributed by atoms with Gasteiger partial charge in [-0.1, -0.05) is 12.1 Å². The summed E-state index contributed by atoms with van der Waals surface area (Å²) in [5, 5.41) is 13.6. The lowest BCUT2D eigenvalue weighted by Gasteiger charge is -2.39. The van der Waals surface area contributed by atoms with Gasteiger partial charge in [0.1, 0.15) is 6.17 Å². The van der Waals surface area contributed by atoms with E-state index in [-0.39, 0.29) is 23.9 Å². The van der Waals surface area contributed by atoms with Crippen molar-refractivity contribution in [1.82, 2.24) is 4.90 Å². The molecule has 7 heteroatoms. The molecule has 27 heavy (non-hydrogen) atoms. The van der Waals surface area contributed by atoms with Gasteiger partial charge in [-0.15, -0.1) is 0 Å². The molecule has 2 atom stereocenters. The zero-order valence-electron chi connectivity index (χ0n) is 14.9. The SMILES string of the molecule is COc1cc(C2Nc3ccccc3C(=O)N2CC2CCCO2)cc(I)c1O. The number of methoxy groups -OCH3 is 1. The van der Waals surface area contributed by atoms with Crippen molar-refractivity contribution < 1.29 is 19.4 Å². The Morgan fingerprint density at radius 3 is 2.93 bits per heavy atom. The third-order valence-electron chi connectivity index (χ3n) is 5.03. The average Bonchev–Trinajstić information content (AvgIpc) is 3.19. The monoisotopic (exact) mass is 480 g/mol. The fourth-order valence-electron chi connectivity index (χ4n) is 3.66. The maximum atomic E-state index is 13.2. The van der Waals surface area contributed by atoms with E-state index in [9.17, 15) is 9.90 Å². The molecule has 2 aliphatic heterocycles. The summed E-state index contributed by atoms with van der Waals surface area (Å²) in [7, 11) is 1.52. The summed E-state index contributed by atoms with van der Waals surface area (Å²) < 4.78 is 11.8. The minimum absolute atomic E-state index is 0.0214. The third kappa shape index (κ3) is 3.45. The number of ether oxygens (including phenoxy) is 2. The number of carbonyl (C=O) groups excluding carboxylic acids is 1. The van der Waals surface area contributed by atoms with Crippen LogP contribution in [0, 0.1) is 3.57 Å². The number of para-hydroxylation sites is 1. The second kappa shape index (κ2) is 7.55. The zero-order valence-corrected chi connectivity index (χ0v) is 17.1. The molecule has 2 aromatic rings. The minimum Gasteiger partial charge on any atom is -0.504 e. The van der Waals surface area contributed by atoms with Crippen LogP contribution in [0.1, 0.15) is 34.9 Å². The molecule has 2 aliphatic rings. The first-order chi connectivity index (χ1) is 13.1. The summed E-state index contributed by atoms with van der Waals surface area (Å²) in [6, 6.07) is 11.2. The van der Waals surface area contributed by atoms with E-state index in [2.05, 4.69) is 27.9 Å². The van der Waals surface area contributed by atoms with Crippen LogP contribution in [0.4, 0.5) is 5.69 Å². The zero-order chi connectivity index (χ0) is 19.0. The molecular weight excluding hydrogens is 459 g/mol. The molecule has 0 radical (unpaired) electrons. The number of carbonyl (C=O) groups is 1. The minimum atomic E-state index is -0.361. The Labute approximate surface area is 171 Å². The number of anilines is 1. The Kier molecular flexibility index (Phi) is 5.14. The van der Waals surface area contributed by atoms with Crippen molar-refractivity contribution in [1.29, 1.82) is 0 Å². The van der Waals surface area contributed by atoms with Gasteiger partial charge in [-0.25, -0.2) is 0 Å². The number of halogens is 1. The third-order valence-corrected chi connectivity index (χ3v) is 5.86. The molecule has 2 N–H and O–H groups in total. The molecule has 0 aliphatic carbocycles. The number of benzene rings is 2. The van der Waals surface area contributed by atoms with Gasteiger partial charge < -0.3 is 24.8 Å². The van der Waals surface area contributed by atoms with Crippen LogP contribution in [0.3, 0.4) is 0 Å². The maximum Gasteiger partial charge on any atom is 0.257 e. The molecule has 4 rings (SSSR count). The predicted molar refractivity (Wildman–Crippen MR) is 110 cm³/mol. The molecule has 2 heterocycles. The van der Waals surface area contributed by atoms with Crippen molar-refractivity contribution in [2.75, 3.05) is 25.6 Å². The van der Waals surface area contributed by atoms with Crippen molar-refractivity contribution in [2.45, 2.75) is 25.1 Å². The number of phenolic OH excluding ortho intramolecular Hbond substituents is 1. The average molecular weight is 480 g/mol. The van der Waals surface area contributed by atoms with Gasteiger partial charge in [-0.05, 0) is 65.3 Å². The van der Waals surface area contributed by atoms with E-state index in [0.717, 1.165) is 30.7 Å². The van der Waals surface area contributed by atoms with Crippen molar-refractivity contribution in [3.8, 4) is 11.5 Å². The first-order valence-electron chi connectivity index (χ1n) is 8.93. The van der Waals surface area contributed by atoms with Crippen LogP contribution in [-0.4, -0.2) is 42.3 Å². The Hall–Kier alpha value is -2.00. The van der Waals surface area contributed by atoms with E-state index in [4.69, 9.17) is 9.47 Å². The van der Waals surface area contributed by atoms with Gasteiger partial charge in [0.15, 0.2) is 11.5 Å². The number of nitrogens with zero attached hydrogens (tertiary/aromatic N) is 1. The molecule has 0 aromatic heterocycles. The number of hydrogen-bond acceptors (Lipinski definition) is 5. The Morgan fingerprint density at radius 2 is 2.19 bits per heavy atom. The van der Waals surface area contributed by atoms with E-state index in [1.807, 2.05) is 35.2 Å². The molecular formula is C20H21IN2O4. The van der Waals surface area contributed by atoms with E-state index >= 15 is 0 Å².